The highest BCUT2D eigenvalue weighted by Gasteiger charge is 2.22. The van der Waals surface area contributed by atoms with Crippen molar-refractivity contribution in [1.29, 1.82) is 0 Å². The van der Waals surface area contributed by atoms with Crippen molar-refractivity contribution in [2.45, 2.75) is 31.8 Å². The topological polar surface area (TPSA) is 74.2 Å². The smallest absolute Gasteiger partial charge is 0.314 e. The molecule has 1 aromatic heterocycles. The van der Waals surface area contributed by atoms with Gasteiger partial charge in [0, 0.05) is 30.5 Å². The van der Waals surface area contributed by atoms with Gasteiger partial charge in [-0.2, -0.15) is 0 Å². The third-order valence-electron chi connectivity index (χ3n) is 4.30. The monoisotopic (exact) mass is 345 g/mol. The number of rotatable bonds is 6. The molecule has 3 N–H and O–H groups in total. The fraction of sp³-hybridized carbons (Fsp3) is 0.444. The second kappa shape index (κ2) is 8.26. The highest BCUT2D eigenvalue weighted by Crippen LogP contribution is 2.24. The van der Waals surface area contributed by atoms with Crippen LogP contribution in [-0.2, 0) is 6.42 Å². The molecule has 0 radical (unpaired) electrons. The number of amides is 2. The Hall–Kier alpha value is -1.92. The van der Waals surface area contributed by atoms with Gasteiger partial charge in [0.25, 0.3) is 0 Å². The summed E-state index contributed by atoms with van der Waals surface area (Å²) >= 11 is 1.63. The number of nitrogens with one attached hydrogen (secondary N) is 2. The van der Waals surface area contributed by atoms with Crippen LogP contribution in [0.15, 0.2) is 35.7 Å². The molecule has 0 aliphatic heterocycles. The van der Waals surface area contributed by atoms with E-state index in [9.17, 15) is 9.90 Å². The fourth-order valence-electron chi connectivity index (χ4n) is 2.97. The van der Waals surface area contributed by atoms with Crippen LogP contribution in [0.25, 0.3) is 10.6 Å². The zero-order chi connectivity index (χ0) is 16.8. The third-order valence-corrected chi connectivity index (χ3v) is 5.24. The zero-order valence-electron chi connectivity index (χ0n) is 13.6. The van der Waals surface area contributed by atoms with Gasteiger partial charge in [-0.15, -0.1) is 11.3 Å². The van der Waals surface area contributed by atoms with Crippen molar-refractivity contribution < 1.29 is 9.90 Å². The van der Waals surface area contributed by atoms with E-state index in [0.29, 0.717) is 19.0 Å². The highest BCUT2D eigenvalue weighted by atomic mass is 32.1. The Morgan fingerprint density at radius 2 is 2.08 bits per heavy atom. The van der Waals surface area contributed by atoms with Crippen molar-refractivity contribution in [3.63, 3.8) is 0 Å². The Morgan fingerprint density at radius 1 is 1.25 bits per heavy atom. The van der Waals surface area contributed by atoms with E-state index in [4.69, 9.17) is 0 Å². The van der Waals surface area contributed by atoms with Gasteiger partial charge in [0.2, 0.25) is 0 Å². The second-order valence-electron chi connectivity index (χ2n) is 6.23. The number of aliphatic hydroxyl groups excluding tert-OH is 1. The molecule has 2 atom stereocenters. The number of aromatic nitrogens is 1. The van der Waals surface area contributed by atoms with Crippen LogP contribution >= 0.6 is 11.3 Å². The summed E-state index contributed by atoms with van der Waals surface area (Å²) in [5.41, 5.74) is 2.12. The molecule has 1 aliphatic rings. The highest BCUT2D eigenvalue weighted by molar-refractivity contribution is 7.13. The molecule has 3 rings (SSSR count). The number of benzene rings is 1. The van der Waals surface area contributed by atoms with Gasteiger partial charge in [-0.25, -0.2) is 9.78 Å². The average Bonchev–Trinajstić information content (AvgIpc) is 3.23. The van der Waals surface area contributed by atoms with E-state index in [-0.39, 0.29) is 12.1 Å². The van der Waals surface area contributed by atoms with Gasteiger partial charge < -0.3 is 15.7 Å². The first-order chi connectivity index (χ1) is 11.7. The van der Waals surface area contributed by atoms with E-state index in [1.54, 1.807) is 11.3 Å². The molecule has 128 valence electrons. The van der Waals surface area contributed by atoms with Crippen LogP contribution in [0.4, 0.5) is 4.79 Å². The van der Waals surface area contributed by atoms with Crippen molar-refractivity contribution >= 4 is 17.4 Å². The molecule has 1 aliphatic carbocycles. The number of aliphatic hydroxyl groups is 1. The summed E-state index contributed by atoms with van der Waals surface area (Å²) in [5.74, 6) is 0.401. The number of carbonyl (C=O) groups excluding carboxylic acids is 1. The van der Waals surface area contributed by atoms with Crippen LogP contribution in [0, 0.1) is 5.92 Å². The van der Waals surface area contributed by atoms with Crippen molar-refractivity contribution in [3.8, 4) is 10.6 Å². The summed E-state index contributed by atoms with van der Waals surface area (Å²) in [4.78, 5) is 16.4. The quantitative estimate of drug-likeness (QED) is 0.754. The minimum Gasteiger partial charge on any atom is -0.393 e. The SMILES string of the molecule is O=C(NCCc1csc(-c2ccccc2)n1)NC[C@H]1CC[C@H](O)C1. The molecular weight excluding hydrogens is 322 g/mol. The number of nitrogens with zero attached hydrogens (tertiary/aromatic N) is 1. The second-order valence-corrected chi connectivity index (χ2v) is 7.09. The lowest BCUT2D eigenvalue weighted by Gasteiger charge is -2.11. The van der Waals surface area contributed by atoms with Crippen LogP contribution in [-0.4, -0.2) is 35.3 Å². The summed E-state index contributed by atoms with van der Waals surface area (Å²) in [5, 5.41) is 18.3. The van der Waals surface area contributed by atoms with Gasteiger partial charge in [-0.3, -0.25) is 0 Å². The molecule has 1 saturated carbocycles. The lowest BCUT2D eigenvalue weighted by atomic mass is 10.1. The van der Waals surface area contributed by atoms with Crippen LogP contribution in [0.5, 0.6) is 0 Å². The third kappa shape index (κ3) is 4.79. The van der Waals surface area contributed by atoms with Crippen LogP contribution in [0.3, 0.4) is 0 Å². The molecule has 2 aromatic rings. The Balaban J connectivity index is 1.37. The standard InChI is InChI=1S/C18H23N3O2S/c22-16-7-6-13(10-16)11-20-18(23)19-9-8-15-12-24-17(21-15)14-4-2-1-3-5-14/h1-5,12-13,16,22H,6-11H2,(H2,19,20,23)/t13-,16-/m0/s1. The Kier molecular flexibility index (Phi) is 5.82. The maximum absolute atomic E-state index is 11.8. The maximum atomic E-state index is 11.8. The van der Waals surface area contributed by atoms with Crippen LogP contribution in [0.2, 0.25) is 0 Å². The van der Waals surface area contributed by atoms with Crippen molar-refractivity contribution in [1.82, 2.24) is 15.6 Å². The number of hydrogen-bond acceptors (Lipinski definition) is 4. The summed E-state index contributed by atoms with van der Waals surface area (Å²) in [6.45, 7) is 1.20. The van der Waals surface area contributed by atoms with E-state index in [1.165, 1.54) is 0 Å². The van der Waals surface area contributed by atoms with Gasteiger partial charge in [0.1, 0.15) is 5.01 Å². The molecular formula is C18H23N3O2S. The van der Waals surface area contributed by atoms with E-state index >= 15 is 0 Å². The predicted molar refractivity (Wildman–Crippen MR) is 96.0 cm³/mol. The molecule has 2 amide bonds. The molecule has 24 heavy (non-hydrogen) atoms. The van der Waals surface area contributed by atoms with E-state index in [1.807, 2.05) is 35.7 Å². The minimum absolute atomic E-state index is 0.144. The van der Waals surface area contributed by atoms with Gasteiger partial charge >= 0.3 is 6.03 Å². The number of thiazole rings is 1. The molecule has 1 fully saturated rings. The molecule has 6 heteroatoms. The van der Waals surface area contributed by atoms with Gasteiger partial charge in [-0.05, 0) is 25.2 Å². The first-order valence-corrected chi connectivity index (χ1v) is 9.28. The Labute approximate surface area is 146 Å². The number of hydrogen-bond donors (Lipinski definition) is 3. The largest absolute Gasteiger partial charge is 0.393 e. The van der Waals surface area contributed by atoms with Crippen LogP contribution in [0.1, 0.15) is 25.0 Å². The first kappa shape index (κ1) is 16.9. The van der Waals surface area contributed by atoms with E-state index in [0.717, 1.165) is 41.9 Å². The van der Waals surface area contributed by atoms with Gasteiger partial charge in [0.05, 0.1) is 11.8 Å². The first-order valence-electron chi connectivity index (χ1n) is 8.40. The molecule has 0 bridgehead atoms. The average molecular weight is 345 g/mol. The molecule has 1 aromatic carbocycles. The molecule has 0 saturated heterocycles. The number of carbonyl (C=O) groups is 1. The van der Waals surface area contributed by atoms with Gasteiger partial charge in [0.15, 0.2) is 0 Å². The molecule has 1 heterocycles. The van der Waals surface area contributed by atoms with Crippen molar-refractivity contribution in [3.05, 3.63) is 41.4 Å². The molecule has 0 spiro atoms. The van der Waals surface area contributed by atoms with Crippen molar-refractivity contribution in [2.75, 3.05) is 13.1 Å². The lowest BCUT2D eigenvalue weighted by Crippen LogP contribution is -2.38. The summed E-state index contributed by atoms with van der Waals surface area (Å²) in [6, 6.07) is 9.96. The zero-order valence-corrected chi connectivity index (χ0v) is 14.4. The maximum Gasteiger partial charge on any atom is 0.314 e. The molecule has 0 unspecified atom stereocenters. The van der Waals surface area contributed by atoms with Crippen molar-refractivity contribution in [2.24, 2.45) is 5.92 Å². The van der Waals surface area contributed by atoms with Crippen LogP contribution < -0.4 is 10.6 Å². The Morgan fingerprint density at radius 3 is 2.83 bits per heavy atom. The minimum atomic E-state index is -0.191. The molecule has 5 nitrogen and oxygen atoms in total. The number of urea groups is 1. The lowest BCUT2D eigenvalue weighted by molar-refractivity contribution is 0.177. The fourth-order valence-corrected chi connectivity index (χ4v) is 3.83. The summed E-state index contributed by atoms with van der Waals surface area (Å²) in [6.07, 6.45) is 3.16. The normalized spacial score (nSPS) is 20.0. The summed E-state index contributed by atoms with van der Waals surface area (Å²) < 4.78 is 0. The Bertz CT molecular complexity index is 659. The van der Waals surface area contributed by atoms with E-state index in [2.05, 4.69) is 15.6 Å². The predicted octanol–water partition coefficient (Wildman–Crippen LogP) is 2.81. The summed E-state index contributed by atoms with van der Waals surface area (Å²) in [7, 11) is 0. The van der Waals surface area contributed by atoms with E-state index < -0.39 is 0 Å². The van der Waals surface area contributed by atoms with Gasteiger partial charge in [-0.1, -0.05) is 30.3 Å².